The maximum Gasteiger partial charge on any atom is 0.211 e. The van der Waals surface area contributed by atoms with Crippen molar-refractivity contribution in [3.05, 3.63) is 99.4 Å². The zero-order valence-electron chi connectivity index (χ0n) is 15.5. The van der Waals surface area contributed by atoms with E-state index < -0.39 is 15.3 Å². The highest BCUT2D eigenvalue weighted by molar-refractivity contribution is 7.91. The Hall–Kier alpha value is -2.96. The van der Waals surface area contributed by atoms with E-state index in [2.05, 4.69) is 4.98 Å². The van der Waals surface area contributed by atoms with Crippen LogP contribution in [0.4, 0.5) is 0 Å². The van der Waals surface area contributed by atoms with Crippen LogP contribution in [0.1, 0.15) is 11.3 Å². The molecular formula is C22H17ClN2O3S. The number of hydrogen-bond acceptors (Lipinski definition) is 4. The summed E-state index contributed by atoms with van der Waals surface area (Å²) in [5, 5.41) is 0.837. The van der Waals surface area contributed by atoms with Crippen LogP contribution < -0.4 is 5.43 Å². The molecule has 0 N–H and O–H groups in total. The zero-order valence-corrected chi connectivity index (χ0v) is 17.1. The zero-order chi connectivity index (χ0) is 20.6. The summed E-state index contributed by atoms with van der Waals surface area (Å²) in [4.78, 5) is 17.4. The molecule has 0 aliphatic heterocycles. The predicted octanol–water partition coefficient (Wildman–Crippen LogP) is 4.24. The van der Waals surface area contributed by atoms with Crippen molar-refractivity contribution in [3.8, 4) is 0 Å². The maximum absolute atomic E-state index is 13.2. The van der Waals surface area contributed by atoms with E-state index >= 15 is 0 Å². The van der Waals surface area contributed by atoms with Gasteiger partial charge in [0.2, 0.25) is 15.3 Å². The molecule has 4 rings (SSSR count). The molecule has 0 fully saturated rings. The molecule has 0 aliphatic carbocycles. The molecule has 7 heteroatoms. The molecule has 0 radical (unpaired) electrons. The molecule has 0 amide bonds. The van der Waals surface area contributed by atoms with Gasteiger partial charge in [-0.3, -0.25) is 4.79 Å². The lowest BCUT2D eigenvalue weighted by molar-refractivity contribution is 0.594. The van der Waals surface area contributed by atoms with Gasteiger partial charge in [-0.2, -0.15) is 0 Å². The van der Waals surface area contributed by atoms with Gasteiger partial charge in [0.25, 0.3) is 0 Å². The second-order valence-electron chi connectivity index (χ2n) is 6.72. The lowest BCUT2D eigenvalue weighted by Gasteiger charge is -2.14. The van der Waals surface area contributed by atoms with Crippen LogP contribution in [-0.2, 0) is 16.4 Å². The number of aromatic nitrogens is 2. The highest BCUT2D eigenvalue weighted by atomic mass is 35.5. The van der Waals surface area contributed by atoms with E-state index in [4.69, 9.17) is 11.6 Å². The van der Waals surface area contributed by atoms with Crippen molar-refractivity contribution >= 4 is 32.5 Å². The van der Waals surface area contributed by atoms with Crippen LogP contribution in [0.2, 0.25) is 5.02 Å². The summed E-state index contributed by atoms with van der Waals surface area (Å²) in [6.07, 6.45) is 1.38. The highest BCUT2D eigenvalue weighted by Crippen LogP contribution is 2.22. The second kappa shape index (κ2) is 7.46. The third kappa shape index (κ3) is 3.69. The minimum atomic E-state index is -3.98. The summed E-state index contributed by atoms with van der Waals surface area (Å²) in [5.74, 6) is 0. The molecule has 2 heterocycles. The number of nitrogens with zero attached hydrogens (tertiary/aromatic N) is 2. The largest absolute Gasteiger partial charge is 0.327 e. The Morgan fingerprint density at radius 1 is 1.00 bits per heavy atom. The van der Waals surface area contributed by atoms with Crippen molar-refractivity contribution in [1.29, 1.82) is 0 Å². The third-order valence-corrected chi connectivity index (χ3v) is 6.61. The molecule has 0 saturated carbocycles. The molecule has 0 spiro atoms. The van der Waals surface area contributed by atoms with Gasteiger partial charge >= 0.3 is 0 Å². The van der Waals surface area contributed by atoms with E-state index in [0.717, 1.165) is 11.3 Å². The van der Waals surface area contributed by atoms with E-state index in [-0.39, 0.29) is 15.2 Å². The Labute approximate surface area is 173 Å². The van der Waals surface area contributed by atoms with E-state index in [1.807, 2.05) is 19.1 Å². The molecule has 0 atom stereocenters. The Bertz CT molecular complexity index is 1380. The molecule has 5 nitrogen and oxygen atoms in total. The van der Waals surface area contributed by atoms with Gasteiger partial charge in [0.15, 0.2) is 0 Å². The Kier molecular flexibility index (Phi) is 4.98. The fourth-order valence-electron chi connectivity index (χ4n) is 3.20. The lowest BCUT2D eigenvalue weighted by atomic mass is 10.2. The number of sulfone groups is 1. The molecule has 0 bridgehead atoms. The van der Waals surface area contributed by atoms with Crippen molar-refractivity contribution in [2.45, 2.75) is 23.3 Å². The van der Waals surface area contributed by atoms with Crippen molar-refractivity contribution in [1.82, 2.24) is 9.55 Å². The van der Waals surface area contributed by atoms with Crippen LogP contribution in [0.3, 0.4) is 0 Å². The average molecular weight is 425 g/mol. The lowest BCUT2D eigenvalue weighted by Crippen LogP contribution is -2.20. The first kappa shape index (κ1) is 19.4. The quantitative estimate of drug-likeness (QED) is 0.491. The third-order valence-electron chi connectivity index (χ3n) is 4.61. The van der Waals surface area contributed by atoms with Crippen LogP contribution in [0.25, 0.3) is 11.0 Å². The van der Waals surface area contributed by atoms with Gasteiger partial charge in [0.1, 0.15) is 10.5 Å². The molecule has 146 valence electrons. The molecule has 29 heavy (non-hydrogen) atoms. The van der Waals surface area contributed by atoms with Gasteiger partial charge in [-0.1, -0.05) is 41.9 Å². The summed E-state index contributed by atoms with van der Waals surface area (Å²) < 4.78 is 28.0. The molecule has 0 unspecified atom stereocenters. The Morgan fingerprint density at radius 2 is 1.76 bits per heavy atom. The van der Waals surface area contributed by atoms with Crippen molar-refractivity contribution in [2.24, 2.45) is 0 Å². The normalized spacial score (nSPS) is 11.7. The van der Waals surface area contributed by atoms with Crippen molar-refractivity contribution < 1.29 is 8.42 Å². The molecule has 4 aromatic rings. The first-order valence-corrected chi connectivity index (χ1v) is 10.8. The fourth-order valence-corrected chi connectivity index (χ4v) is 4.81. The highest BCUT2D eigenvalue weighted by Gasteiger charge is 2.24. The molecule has 2 aromatic carbocycles. The van der Waals surface area contributed by atoms with Crippen LogP contribution >= 0.6 is 11.6 Å². The minimum Gasteiger partial charge on any atom is -0.327 e. The van der Waals surface area contributed by atoms with Gasteiger partial charge in [0.05, 0.1) is 10.3 Å². The van der Waals surface area contributed by atoms with Gasteiger partial charge in [-0.25, -0.2) is 13.4 Å². The molecular weight excluding hydrogens is 408 g/mol. The van der Waals surface area contributed by atoms with Gasteiger partial charge in [0, 0.05) is 23.5 Å². The summed E-state index contributed by atoms with van der Waals surface area (Å²) in [5.41, 5.74) is 1.48. The number of pyridine rings is 2. The van der Waals surface area contributed by atoms with Crippen LogP contribution in [0.15, 0.2) is 87.5 Å². The topological polar surface area (TPSA) is 69.0 Å². The predicted molar refractivity (Wildman–Crippen MR) is 113 cm³/mol. The van der Waals surface area contributed by atoms with E-state index in [0.29, 0.717) is 17.2 Å². The summed E-state index contributed by atoms with van der Waals surface area (Å²) in [6, 6.07) is 18.5. The van der Waals surface area contributed by atoms with Gasteiger partial charge < -0.3 is 4.57 Å². The SMILES string of the molecule is Cc1ccc2c(=O)c(S(=O)(=O)c3ccccc3)cn(Cc3cccc(Cl)c3)c2n1. The summed E-state index contributed by atoms with van der Waals surface area (Å²) in [7, 11) is -3.98. The number of benzene rings is 2. The standard InChI is InChI=1S/C22H17ClN2O3S/c1-15-10-11-19-21(26)20(29(27,28)18-8-3-2-4-9-18)14-25(22(19)24-15)13-16-6-5-7-17(23)12-16/h2-12,14H,13H2,1H3. The van der Waals surface area contributed by atoms with Crippen molar-refractivity contribution in [3.63, 3.8) is 0 Å². The first-order valence-electron chi connectivity index (χ1n) is 8.91. The number of fused-ring (bicyclic) bond motifs is 1. The van der Waals surface area contributed by atoms with Crippen LogP contribution in [-0.4, -0.2) is 18.0 Å². The number of aryl methyl sites for hydroxylation is 1. The van der Waals surface area contributed by atoms with Gasteiger partial charge in [-0.05, 0) is 48.9 Å². The fraction of sp³-hybridized carbons (Fsp3) is 0.0909. The maximum atomic E-state index is 13.2. The first-order chi connectivity index (χ1) is 13.9. The Balaban J connectivity index is 1.99. The van der Waals surface area contributed by atoms with E-state index in [9.17, 15) is 13.2 Å². The van der Waals surface area contributed by atoms with Crippen LogP contribution in [0, 0.1) is 6.92 Å². The number of hydrogen-bond donors (Lipinski definition) is 0. The van der Waals surface area contributed by atoms with E-state index in [1.165, 1.54) is 18.3 Å². The second-order valence-corrected chi connectivity index (χ2v) is 9.08. The van der Waals surface area contributed by atoms with E-state index in [1.54, 1.807) is 47.0 Å². The minimum absolute atomic E-state index is 0.0748. The van der Waals surface area contributed by atoms with Crippen molar-refractivity contribution in [2.75, 3.05) is 0 Å². The monoisotopic (exact) mass is 424 g/mol. The number of halogens is 1. The van der Waals surface area contributed by atoms with Gasteiger partial charge in [-0.15, -0.1) is 0 Å². The Morgan fingerprint density at radius 3 is 2.48 bits per heavy atom. The molecule has 0 aliphatic rings. The molecule has 2 aromatic heterocycles. The molecule has 0 saturated heterocycles. The summed E-state index contributed by atoms with van der Waals surface area (Å²) in [6.45, 7) is 2.15. The van der Waals surface area contributed by atoms with Crippen LogP contribution in [0.5, 0.6) is 0 Å². The smallest absolute Gasteiger partial charge is 0.211 e. The number of rotatable bonds is 4. The average Bonchev–Trinajstić information content (AvgIpc) is 2.70. The summed E-state index contributed by atoms with van der Waals surface area (Å²) >= 11 is 6.09.